The normalized spacial score (nSPS) is 13.7. The van der Waals surface area contributed by atoms with Crippen LogP contribution in [0.1, 0.15) is 40.7 Å². The van der Waals surface area contributed by atoms with Crippen LogP contribution in [-0.2, 0) is 20.7 Å². The van der Waals surface area contributed by atoms with E-state index >= 15 is 0 Å². The highest BCUT2D eigenvalue weighted by Gasteiger charge is 2.23. The third kappa shape index (κ3) is 4.21. The molecular formula is C26H24N4O5. The Balaban J connectivity index is 1.27. The molecule has 4 aromatic rings. The molecule has 9 heteroatoms. The number of esters is 1. The SMILES string of the molecule is Cc1nc2c3ccccc3nn2c(C)c1CCC(=O)OC(C)C(=O)c1ccc2c(c1)NC(=O)CO2. The first-order valence-corrected chi connectivity index (χ1v) is 11.4. The number of benzene rings is 2. The van der Waals surface area contributed by atoms with E-state index in [0.29, 0.717) is 23.4 Å². The Morgan fingerprint density at radius 2 is 2.00 bits per heavy atom. The molecule has 0 spiro atoms. The lowest BCUT2D eigenvalue weighted by Gasteiger charge is -2.19. The van der Waals surface area contributed by atoms with Gasteiger partial charge in [0.05, 0.1) is 11.2 Å². The van der Waals surface area contributed by atoms with Gasteiger partial charge in [-0.1, -0.05) is 12.1 Å². The summed E-state index contributed by atoms with van der Waals surface area (Å²) in [4.78, 5) is 41.6. The molecule has 178 valence electrons. The fourth-order valence-corrected chi connectivity index (χ4v) is 4.35. The summed E-state index contributed by atoms with van der Waals surface area (Å²) in [5, 5.41) is 8.29. The number of fused-ring (bicyclic) bond motifs is 4. The van der Waals surface area contributed by atoms with Gasteiger partial charge in [0, 0.05) is 28.8 Å². The number of carbonyl (C=O) groups excluding carboxylic acids is 3. The second-order valence-corrected chi connectivity index (χ2v) is 8.56. The number of hydrogen-bond donors (Lipinski definition) is 1. The maximum Gasteiger partial charge on any atom is 0.306 e. The summed E-state index contributed by atoms with van der Waals surface area (Å²) in [6.45, 7) is 5.35. The number of hydrogen-bond acceptors (Lipinski definition) is 7. The van der Waals surface area contributed by atoms with E-state index in [0.717, 1.165) is 33.5 Å². The van der Waals surface area contributed by atoms with Crippen LogP contribution in [0.5, 0.6) is 5.75 Å². The van der Waals surface area contributed by atoms with Crippen molar-refractivity contribution in [2.24, 2.45) is 0 Å². The molecule has 0 radical (unpaired) electrons. The summed E-state index contributed by atoms with van der Waals surface area (Å²) in [7, 11) is 0. The number of nitrogens with zero attached hydrogens (tertiary/aromatic N) is 3. The second-order valence-electron chi connectivity index (χ2n) is 8.56. The van der Waals surface area contributed by atoms with Gasteiger partial charge in [-0.25, -0.2) is 9.50 Å². The molecule has 0 saturated heterocycles. The van der Waals surface area contributed by atoms with Crippen molar-refractivity contribution in [3.63, 3.8) is 0 Å². The highest BCUT2D eigenvalue weighted by Crippen LogP contribution is 2.29. The van der Waals surface area contributed by atoms with Crippen molar-refractivity contribution in [3.05, 3.63) is 65.0 Å². The monoisotopic (exact) mass is 472 g/mol. The molecule has 0 fully saturated rings. The Labute approximate surface area is 201 Å². The van der Waals surface area contributed by atoms with Gasteiger partial charge in [0.15, 0.2) is 18.4 Å². The number of aromatic nitrogens is 3. The average Bonchev–Trinajstić information content (AvgIpc) is 3.21. The lowest BCUT2D eigenvalue weighted by Crippen LogP contribution is -2.27. The Hall–Kier alpha value is -4.27. The van der Waals surface area contributed by atoms with Crippen molar-refractivity contribution in [3.8, 4) is 5.75 Å². The van der Waals surface area contributed by atoms with E-state index in [1.165, 1.54) is 13.0 Å². The van der Waals surface area contributed by atoms with Crippen LogP contribution in [0.2, 0.25) is 0 Å². The quantitative estimate of drug-likeness (QED) is 0.337. The zero-order valence-electron chi connectivity index (χ0n) is 19.6. The van der Waals surface area contributed by atoms with Crippen LogP contribution >= 0.6 is 0 Å². The van der Waals surface area contributed by atoms with E-state index < -0.39 is 12.1 Å². The summed E-state index contributed by atoms with van der Waals surface area (Å²) in [6, 6.07) is 12.6. The fraction of sp³-hybridized carbons (Fsp3) is 0.269. The van der Waals surface area contributed by atoms with Gasteiger partial charge in [0.1, 0.15) is 5.75 Å². The minimum Gasteiger partial charge on any atom is -0.482 e. The Morgan fingerprint density at radius 3 is 2.83 bits per heavy atom. The van der Waals surface area contributed by atoms with E-state index in [1.807, 2.05) is 42.6 Å². The highest BCUT2D eigenvalue weighted by atomic mass is 16.5. The molecule has 2 aromatic carbocycles. The van der Waals surface area contributed by atoms with Gasteiger partial charge in [-0.15, -0.1) is 0 Å². The number of aryl methyl sites for hydroxylation is 2. The number of carbonyl (C=O) groups is 3. The molecule has 1 unspecified atom stereocenters. The van der Waals surface area contributed by atoms with Crippen molar-refractivity contribution < 1.29 is 23.9 Å². The summed E-state index contributed by atoms with van der Waals surface area (Å²) in [5.41, 5.74) is 5.06. The third-order valence-corrected chi connectivity index (χ3v) is 6.17. The number of Topliss-reactive ketones (excluding diaryl/α,β-unsaturated/α-hetero) is 1. The minimum atomic E-state index is -0.972. The summed E-state index contributed by atoms with van der Waals surface area (Å²) in [6.07, 6.45) is -0.458. The van der Waals surface area contributed by atoms with Gasteiger partial charge in [-0.05, 0) is 63.1 Å². The van der Waals surface area contributed by atoms with Gasteiger partial charge >= 0.3 is 5.97 Å². The number of ketones is 1. The van der Waals surface area contributed by atoms with Gasteiger partial charge in [-0.2, -0.15) is 5.10 Å². The molecule has 1 amide bonds. The van der Waals surface area contributed by atoms with E-state index in [9.17, 15) is 14.4 Å². The van der Waals surface area contributed by atoms with Gasteiger partial charge in [0.25, 0.3) is 5.91 Å². The standard InChI is InChI=1S/C26H24N4O5/c1-14-18(15(2)30-26(27-14)19-6-4-5-7-20(19)29-30)9-11-24(32)35-16(3)25(33)17-8-10-22-21(12-17)28-23(31)13-34-22/h4-8,10,12,16H,9,11,13H2,1-3H3,(H,28,31). The number of rotatable bonds is 6. The minimum absolute atomic E-state index is 0.0630. The van der Waals surface area contributed by atoms with E-state index in [1.54, 1.807) is 12.1 Å². The number of anilines is 1. The van der Waals surface area contributed by atoms with E-state index in [2.05, 4.69) is 10.4 Å². The molecule has 3 heterocycles. The van der Waals surface area contributed by atoms with Crippen LogP contribution in [0.3, 0.4) is 0 Å². The number of nitrogens with one attached hydrogen (secondary N) is 1. The Kier molecular flexibility index (Phi) is 5.68. The van der Waals surface area contributed by atoms with E-state index in [4.69, 9.17) is 14.5 Å². The lowest BCUT2D eigenvalue weighted by molar-refractivity contribution is -0.146. The summed E-state index contributed by atoms with van der Waals surface area (Å²) >= 11 is 0. The zero-order chi connectivity index (χ0) is 24.7. The average molecular weight is 473 g/mol. The summed E-state index contributed by atoms with van der Waals surface area (Å²) < 4.78 is 12.5. The van der Waals surface area contributed by atoms with Crippen LogP contribution < -0.4 is 10.1 Å². The van der Waals surface area contributed by atoms with Gasteiger partial charge < -0.3 is 14.8 Å². The molecule has 0 bridgehead atoms. The second kappa shape index (κ2) is 8.83. The Morgan fingerprint density at radius 1 is 1.20 bits per heavy atom. The highest BCUT2D eigenvalue weighted by molar-refractivity contribution is 6.03. The predicted molar refractivity (Wildman–Crippen MR) is 129 cm³/mol. The molecule has 1 aliphatic heterocycles. The number of ether oxygens (including phenoxy) is 2. The first kappa shape index (κ1) is 22.5. The van der Waals surface area contributed by atoms with E-state index in [-0.39, 0.29) is 24.7 Å². The molecule has 1 atom stereocenters. The zero-order valence-corrected chi connectivity index (χ0v) is 19.6. The molecule has 5 rings (SSSR count). The first-order chi connectivity index (χ1) is 16.8. The van der Waals surface area contributed by atoms with Crippen LogP contribution in [0, 0.1) is 13.8 Å². The van der Waals surface area contributed by atoms with Crippen LogP contribution in [0.4, 0.5) is 5.69 Å². The van der Waals surface area contributed by atoms with Crippen LogP contribution in [0.15, 0.2) is 42.5 Å². The van der Waals surface area contributed by atoms with Crippen molar-refractivity contribution >= 4 is 39.9 Å². The lowest BCUT2D eigenvalue weighted by atomic mass is 10.0. The van der Waals surface area contributed by atoms with Gasteiger partial charge in [-0.3, -0.25) is 14.4 Å². The predicted octanol–water partition coefficient (Wildman–Crippen LogP) is 3.58. The molecule has 2 aromatic heterocycles. The molecule has 1 N–H and O–H groups in total. The Bertz CT molecular complexity index is 1510. The van der Waals surface area contributed by atoms with Crippen LogP contribution in [-0.4, -0.2) is 45.0 Å². The summed E-state index contributed by atoms with van der Waals surface area (Å²) in [5.74, 6) is -0.639. The van der Waals surface area contributed by atoms with Crippen molar-refractivity contribution in [2.45, 2.75) is 39.7 Å². The first-order valence-electron chi connectivity index (χ1n) is 11.4. The topological polar surface area (TPSA) is 112 Å². The molecule has 35 heavy (non-hydrogen) atoms. The molecule has 1 aliphatic rings. The third-order valence-electron chi connectivity index (χ3n) is 6.17. The smallest absolute Gasteiger partial charge is 0.306 e. The van der Waals surface area contributed by atoms with Gasteiger partial charge in [0.2, 0.25) is 5.78 Å². The molecule has 0 aliphatic carbocycles. The van der Waals surface area contributed by atoms with Crippen molar-refractivity contribution in [2.75, 3.05) is 11.9 Å². The maximum absolute atomic E-state index is 12.8. The molecular weight excluding hydrogens is 448 g/mol. The fourth-order valence-electron chi connectivity index (χ4n) is 4.35. The van der Waals surface area contributed by atoms with Crippen LogP contribution in [0.25, 0.3) is 16.6 Å². The molecule has 9 nitrogen and oxygen atoms in total. The number of amides is 1. The largest absolute Gasteiger partial charge is 0.482 e. The maximum atomic E-state index is 12.8. The molecule has 0 saturated carbocycles. The van der Waals surface area contributed by atoms with Crippen molar-refractivity contribution in [1.82, 2.24) is 14.6 Å². The van der Waals surface area contributed by atoms with Crippen molar-refractivity contribution in [1.29, 1.82) is 0 Å².